The van der Waals surface area contributed by atoms with Gasteiger partial charge in [-0.05, 0) is 24.3 Å². The number of carbonyl (C=O) groups excluding carboxylic acids is 2. The molecule has 3 heterocycles. The molecular weight excluding hydrogens is 474 g/mol. The quantitative estimate of drug-likeness (QED) is 0.502. The molecule has 174 valence electrons. The maximum Gasteiger partial charge on any atom is 0.303 e. The number of carbonyl (C=O) groups is 2. The van der Waals surface area contributed by atoms with Crippen LogP contribution in [0.2, 0.25) is 5.02 Å². The van der Waals surface area contributed by atoms with Crippen LogP contribution in [0.15, 0.2) is 41.8 Å². The van der Waals surface area contributed by atoms with E-state index in [1.165, 1.54) is 31.1 Å². The molecule has 0 aliphatic carbocycles. The number of hydrogen-bond acceptors (Lipinski definition) is 10. The Hall–Kier alpha value is -3.09. The van der Waals surface area contributed by atoms with Gasteiger partial charge in [-0.3, -0.25) is 18.4 Å². The summed E-state index contributed by atoms with van der Waals surface area (Å²) in [4.78, 5) is 36.6. The number of benzene rings is 1. The highest BCUT2D eigenvalue weighted by Crippen LogP contribution is 2.36. The fraction of sp³-hybridized carbons (Fsp3) is 0.350. The fourth-order valence-corrected chi connectivity index (χ4v) is 4.93. The summed E-state index contributed by atoms with van der Waals surface area (Å²) in [5, 5.41) is 0.508. The third-order valence-electron chi connectivity index (χ3n) is 4.94. The number of halogens is 1. The molecule has 1 saturated heterocycles. The van der Waals surface area contributed by atoms with Gasteiger partial charge in [0.1, 0.15) is 17.9 Å². The van der Waals surface area contributed by atoms with Crippen LogP contribution >= 0.6 is 11.6 Å². The molecule has 0 spiro atoms. The molecule has 2 N–H and O–H groups in total. The Bertz CT molecular complexity index is 1220. The van der Waals surface area contributed by atoms with Crippen molar-refractivity contribution in [3.8, 4) is 0 Å². The molecule has 4 rings (SSSR count). The van der Waals surface area contributed by atoms with E-state index >= 15 is 0 Å². The lowest BCUT2D eigenvalue weighted by molar-refractivity contribution is -0.165. The summed E-state index contributed by atoms with van der Waals surface area (Å²) in [5.41, 5.74) is 6.54. The highest BCUT2D eigenvalue weighted by Gasteiger charge is 2.51. The van der Waals surface area contributed by atoms with Gasteiger partial charge in [-0.1, -0.05) is 11.6 Å². The first-order valence-electron chi connectivity index (χ1n) is 9.81. The van der Waals surface area contributed by atoms with Gasteiger partial charge in [0.15, 0.2) is 29.9 Å². The number of nitrogens with zero attached hydrogens (tertiary/aromatic N) is 4. The van der Waals surface area contributed by atoms with Gasteiger partial charge in [-0.25, -0.2) is 15.0 Å². The van der Waals surface area contributed by atoms with Crippen LogP contribution in [0.1, 0.15) is 20.1 Å². The molecule has 1 fully saturated rings. The Morgan fingerprint density at radius 2 is 1.79 bits per heavy atom. The van der Waals surface area contributed by atoms with Gasteiger partial charge >= 0.3 is 11.9 Å². The van der Waals surface area contributed by atoms with Gasteiger partial charge in [0.2, 0.25) is 0 Å². The van der Waals surface area contributed by atoms with Crippen molar-refractivity contribution in [2.24, 2.45) is 0 Å². The molecule has 1 unspecified atom stereocenters. The predicted octanol–water partition coefficient (Wildman–Crippen LogP) is 1.63. The standard InChI is InChI=1S/C20H20ClN5O6S/c1-10(27)30-16-14(7-33(29)13-5-3-12(21)4-6-13)32-20(17(16)31-11(2)28)26-9-25-15-18(22)23-8-24-19(15)26/h3-6,8-9,14,16-17,20H,7H2,1-2H3,(H2,22,23,24)/t14-,16-,17-,20-,33?/m1/s1. The smallest absolute Gasteiger partial charge is 0.303 e. The van der Waals surface area contributed by atoms with E-state index < -0.39 is 47.3 Å². The lowest BCUT2D eigenvalue weighted by Crippen LogP contribution is -2.40. The van der Waals surface area contributed by atoms with Gasteiger partial charge in [0, 0.05) is 23.8 Å². The van der Waals surface area contributed by atoms with Gasteiger partial charge in [-0.2, -0.15) is 0 Å². The summed E-state index contributed by atoms with van der Waals surface area (Å²) in [6, 6.07) is 6.52. The first-order valence-corrected chi connectivity index (χ1v) is 11.5. The van der Waals surface area contributed by atoms with E-state index in [0.29, 0.717) is 21.1 Å². The van der Waals surface area contributed by atoms with Crippen LogP contribution in [0.5, 0.6) is 0 Å². The third kappa shape index (κ3) is 4.82. The SMILES string of the molecule is CC(=O)O[C@@H]1[C@H](OC(C)=O)[C@@H](CS(=O)c2ccc(Cl)cc2)O[C@H]1n1cnc2c(N)ncnc21. The maximum absolute atomic E-state index is 13.0. The van der Waals surface area contributed by atoms with E-state index in [9.17, 15) is 13.8 Å². The molecule has 1 aromatic carbocycles. The van der Waals surface area contributed by atoms with Gasteiger partial charge < -0.3 is 19.9 Å². The number of aromatic nitrogens is 4. The number of nitrogen functional groups attached to an aromatic ring is 1. The molecule has 1 aliphatic heterocycles. The van der Waals surface area contributed by atoms with Crippen LogP contribution in [0.3, 0.4) is 0 Å². The molecule has 2 aromatic heterocycles. The Kier molecular flexibility index (Phi) is 6.58. The minimum Gasteiger partial charge on any atom is -0.456 e. The Morgan fingerprint density at radius 3 is 2.45 bits per heavy atom. The average Bonchev–Trinajstić information content (AvgIpc) is 3.31. The maximum atomic E-state index is 13.0. The monoisotopic (exact) mass is 493 g/mol. The molecule has 1 aliphatic rings. The molecule has 0 saturated carbocycles. The second kappa shape index (κ2) is 9.41. The normalized spacial score (nSPS) is 23.4. The minimum absolute atomic E-state index is 0.0302. The number of rotatable bonds is 6. The molecule has 0 amide bonds. The highest BCUT2D eigenvalue weighted by atomic mass is 35.5. The van der Waals surface area contributed by atoms with Crippen molar-refractivity contribution >= 4 is 51.3 Å². The first kappa shape index (κ1) is 23.1. The predicted molar refractivity (Wildman–Crippen MR) is 117 cm³/mol. The van der Waals surface area contributed by atoms with Crippen LogP contribution in [-0.4, -0.2) is 59.7 Å². The Morgan fingerprint density at radius 1 is 1.12 bits per heavy atom. The van der Waals surface area contributed by atoms with Crippen LogP contribution in [0.4, 0.5) is 5.82 Å². The number of nitrogens with two attached hydrogens (primary N) is 1. The van der Waals surface area contributed by atoms with Gasteiger partial charge in [0.05, 0.1) is 22.9 Å². The van der Waals surface area contributed by atoms with Crippen molar-refractivity contribution in [1.29, 1.82) is 0 Å². The second-order valence-corrected chi connectivity index (χ2v) is 9.19. The summed E-state index contributed by atoms with van der Waals surface area (Å²) in [6.45, 7) is 2.46. The van der Waals surface area contributed by atoms with E-state index in [2.05, 4.69) is 15.0 Å². The van der Waals surface area contributed by atoms with Gasteiger partial charge in [0.25, 0.3) is 0 Å². The molecule has 3 aromatic rings. The van der Waals surface area contributed by atoms with Gasteiger partial charge in [-0.15, -0.1) is 0 Å². The zero-order chi connectivity index (χ0) is 23.7. The summed E-state index contributed by atoms with van der Waals surface area (Å²) >= 11 is 5.91. The fourth-order valence-electron chi connectivity index (χ4n) is 3.61. The molecule has 0 radical (unpaired) electrons. The molecule has 5 atom stereocenters. The Balaban J connectivity index is 1.70. The molecule has 11 nitrogen and oxygen atoms in total. The topological polar surface area (TPSA) is 149 Å². The second-order valence-electron chi connectivity index (χ2n) is 7.26. The number of esters is 2. The minimum atomic E-state index is -1.52. The number of hydrogen-bond donors (Lipinski definition) is 1. The molecule has 0 bridgehead atoms. The molecule has 13 heteroatoms. The van der Waals surface area contributed by atoms with Crippen LogP contribution in [0.25, 0.3) is 11.2 Å². The largest absolute Gasteiger partial charge is 0.456 e. The van der Waals surface area contributed by atoms with E-state index in [-0.39, 0.29) is 11.6 Å². The lowest BCUT2D eigenvalue weighted by Gasteiger charge is -2.23. The van der Waals surface area contributed by atoms with Crippen molar-refractivity contribution in [1.82, 2.24) is 19.5 Å². The van der Waals surface area contributed by atoms with Crippen molar-refractivity contribution in [3.05, 3.63) is 41.9 Å². The summed E-state index contributed by atoms with van der Waals surface area (Å²) < 4.78 is 31.6. The van der Waals surface area contributed by atoms with Crippen molar-refractivity contribution in [2.75, 3.05) is 11.5 Å². The Labute approximate surface area is 195 Å². The first-order chi connectivity index (χ1) is 15.7. The van der Waals surface area contributed by atoms with Crippen molar-refractivity contribution < 1.29 is 28.0 Å². The number of imidazole rings is 1. The average molecular weight is 494 g/mol. The highest BCUT2D eigenvalue weighted by molar-refractivity contribution is 7.85. The van der Waals surface area contributed by atoms with E-state index in [1.54, 1.807) is 24.3 Å². The van der Waals surface area contributed by atoms with Crippen LogP contribution in [0, 0.1) is 0 Å². The van der Waals surface area contributed by atoms with Crippen molar-refractivity contribution in [2.45, 2.75) is 43.3 Å². The summed E-state index contributed by atoms with van der Waals surface area (Å²) in [7, 11) is -1.52. The summed E-state index contributed by atoms with van der Waals surface area (Å²) in [6.07, 6.45) is -1.22. The number of anilines is 1. The molecule has 33 heavy (non-hydrogen) atoms. The number of fused-ring (bicyclic) bond motifs is 1. The summed E-state index contributed by atoms with van der Waals surface area (Å²) in [5.74, 6) is -1.08. The van der Waals surface area contributed by atoms with Crippen LogP contribution < -0.4 is 5.73 Å². The van der Waals surface area contributed by atoms with E-state index in [0.717, 1.165) is 0 Å². The molecular formula is C20H20ClN5O6S. The third-order valence-corrected chi connectivity index (χ3v) is 6.62. The number of ether oxygens (including phenoxy) is 3. The van der Waals surface area contributed by atoms with E-state index in [4.69, 9.17) is 31.5 Å². The van der Waals surface area contributed by atoms with E-state index in [1.807, 2.05) is 0 Å². The van der Waals surface area contributed by atoms with Crippen molar-refractivity contribution in [3.63, 3.8) is 0 Å². The lowest BCUT2D eigenvalue weighted by atomic mass is 10.1. The van der Waals surface area contributed by atoms with Crippen LogP contribution in [-0.2, 0) is 34.6 Å². The zero-order valence-electron chi connectivity index (χ0n) is 17.6. The zero-order valence-corrected chi connectivity index (χ0v) is 19.2.